The lowest BCUT2D eigenvalue weighted by Crippen LogP contribution is -2.40. The van der Waals surface area contributed by atoms with Gasteiger partial charge in [-0.3, -0.25) is 9.36 Å². The molecule has 2 aromatic heterocycles. The molecule has 0 fully saturated rings. The predicted octanol–water partition coefficient (Wildman–Crippen LogP) is 1.84. The van der Waals surface area contributed by atoms with Crippen molar-refractivity contribution >= 4 is 5.91 Å². The molecule has 126 valence electrons. The monoisotopic (exact) mass is 336 g/mol. The molecule has 25 heavy (non-hydrogen) atoms. The Morgan fingerprint density at radius 1 is 1.24 bits per heavy atom. The Morgan fingerprint density at radius 3 is 2.96 bits per heavy atom. The molecule has 1 N–H and O–H groups in total. The van der Waals surface area contributed by atoms with E-state index in [0.717, 1.165) is 5.75 Å². The summed E-state index contributed by atoms with van der Waals surface area (Å²) in [6.45, 7) is 0.754. The maximum Gasteiger partial charge on any atom is 0.251 e. The van der Waals surface area contributed by atoms with E-state index in [1.807, 2.05) is 24.3 Å². The van der Waals surface area contributed by atoms with Crippen molar-refractivity contribution in [1.82, 2.24) is 19.9 Å². The lowest BCUT2D eigenvalue weighted by atomic mass is 10.2. The van der Waals surface area contributed by atoms with Crippen molar-refractivity contribution in [1.29, 1.82) is 0 Å². The average Bonchev–Trinajstić information content (AvgIpc) is 3.21. The van der Waals surface area contributed by atoms with E-state index in [0.29, 0.717) is 30.3 Å². The number of nitrogens with one attached hydrogen (secondary N) is 1. The third-order valence-corrected chi connectivity index (χ3v) is 3.83. The highest BCUT2D eigenvalue weighted by molar-refractivity contribution is 5.94. The van der Waals surface area contributed by atoms with Crippen molar-refractivity contribution in [2.24, 2.45) is 0 Å². The number of para-hydroxylation sites is 2. The van der Waals surface area contributed by atoms with Crippen molar-refractivity contribution < 1.29 is 14.3 Å². The molecule has 0 aliphatic carbocycles. The molecule has 0 spiro atoms. The second kappa shape index (κ2) is 6.64. The molecule has 1 aliphatic rings. The van der Waals surface area contributed by atoms with Crippen LogP contribution in [0.25, 0.3) is 5.82 Å². The summed E-state index contributed by atoms with van der Waals surface area (Å²) in [6.07, 6.45) is 6.44. The van der Waals surface area contributed by atoms with Gasteiger partial charge >= 0.3 is 0 Å². The number of rotatable bonds is 4. The van der Waals surface area contributed by atoms with Crippen LogP contribution < -0.4 is 14.8 Å². The van der Waals surface area contributed by atoms with E-state index in [1.54, 1.807) is 41.6 Å². The highest BCUT2D eigenvalue weighted by Crippen LogP contribution is 2.30. The van der Waals surface area contributed by atoms with Gasteiger partial charge in [-0.2, -0.15) is 0 Å². The van der Waals surface area contributed by atoms with E-state index in [9.17, 15) is 4.79 Å². The maximum absolute atomic E-state index is 12.4. The standard InChI is InChI=1S/C18H16N4O3/c23-18(13-5-6-20-17(9-13)22-8-7-19-12-22)21-10-14-11-24-15-3-1-2-4-16(15)25-14/h1-9,12,14H,10-11H2,(H,21,23)/t14-/m0/s1. The lowest BCUT2D eigenvalue weighted by Gasteiger charge is -2.26. The Kier molecular flexibility index (Phi) is 4.04. The molecule has 7 heteroatoms. The van der Waals surface area contributed by atoms with Crippen molar-refractivity contribution in [2.45, 2.75) is 6.10 Å². The van der Waals surface area contributed by atoms with Gasteiger partial charge in [0.1, 0.15) is 24.9 Å². The second-order valence-electron chi connectivity index (χ2n) is 5.58. The van der Waals surface area contributed by atoms with Crippen LogP contribution in [-0.4, -0.2) is 39.7 Å². The fraction of sp³-hybridized carbons (Fsp3) is 0.167. The van der Waals surface area contributed by atoms with Gasteiger partial charge < -0.3 is 14.8 Å². The molecule has 1 aliphatic heterocycles. The number of pyridine rings is 1. The first-order valence-corrected chi connectivity index (χ1v) is 7.91. The smallest absolute Gasteiger partial charge is 0.251 e. The Balaban J connectivity index is 1.39. The predicted molar refractivity (Wildman–Crippen MR) is 90.0 cm³/mol. The number of carbonyl (C=O) groups is 1. The zero-order valence-corrected chi connectivity index (χ0v) is 13.3. The summed E-state index contributed by atoms with van der Waals surface area (Å²) >= 11 is 0. The van der Waals surface area contributed by atoms with Crippen molar-refractivity contribution in [3.05, 3.63) is 66.9 Å². The quantitative estimate of drug-likeness (QED) is 0.786. The van der Waals surface area contributed by atoms with Crippen LogP contribution in [0.4, 0.5) is 0 Å². The second-order valence-corrected chi connectivity index (χ2v) is 5.58. The van der Waals surface area contributed by atoms with Gasteiger partial charge in [0.15, 0.2) is 11.5 Å². The average molecular weight is 336 g/mol. The van der Waals surface area contributed by atoms with Crippen LogP contribution in [0.3, 0.4) is 0 Å². The molecule has 7 nitrogen and oxygen atoms in total. The summed E-state index contributed by atoms with van der Waals surface area (Å²) in [4.78, 5) is 20.6. The molecule has 0 radical (unpaired) electrons. The van der Waals surface area contributed by atoms with E-state index in [2.05, 4.69) is 15.3 Å². The first-order chi connectivity index (χ1) is 12.3. The van der Waals surface area contributed by atoms with E-state index in [-0.39, 0.29) is 12.0 Å². The first-order valence-electron chi connectivity index (χ1n) is 7.91. The van der Waals surface area contributed by atoms with Gasteiger partial charge in [-0.15, -0.1) is 0 Å². The number of hydrogen-bond acceptors (Lipinski definition) is 5. The van der Waals surface area contributed by atoms with Crippen molar-refractivity contribution in [3.63, 3.8) is 0 Å². The molecular weight excluding hydrogens is 320 g/mol. The topological polar surface area (TPSA) is 78.3 Å². The summed E-state index contributed by atoms with van der Waals surface area (Å²) in [5.74, 6) is 1.87. The summed E-state index contributed by atoms with van der Waals surface area (Å²) in [5.41, 5.74) is 0.524. The maximum atomic E-state index is 12.4. The summed E-state index contributed by atoms with van der Waals surface area (Å²) in [7, 11) is 0. The fourth-order valence-corrected chi connectivity index (χ4v) is 2.57. The number of imidazole rings is 1. The van der Waals surface area contributed by atoms with Crippen LogP contribution in [0.2, 0.25) is 0 Å². The van der Waals surface area contributed by atoms with E-state index >= 15 is 0 Å². The van der Waals surface area contributed by atoms with Gasteiger partial charge in [-0.1, -0.05) is 12.1 Å². The number of hydrogen-bond donors (Lipinski definition) is 1. The zero-order valence-electron chi connectivity index (χ0n) is 13.3. The Morgan fingerprint density at radius 2 is 2.12 bits per heavy atom. The van der Waals surface area contributed by atoms with Gasteiger partial charge in [0.2, 0.25) is 0 Å². The SMILES string of the molecule is O=C(NC[C@H]1COc2ccccc2O1)c1ccnc(-n2ccnc2)c1. The molecular formula is C18H16N4O3. The van der Waals surface area contributed by atoms with Gasteiger partial charge in [0.05, 0.1) is 6.54 Å². The molecule has 0 unspecified atom stereocenters. The van der Waals surface area contributed by atoms with Crippen molar-refractivity contribution in [3.8, 4) is 17.3 Å². The molecule has 3 aromatic rings. The molecule has 1 amide bonds. The molecule has 1 atom stereocenters. The first kappa shape index (κ1) is 15.2. The highest BCUT2D eigenvalue weighted by Gasteiger charge is 2.21. The number of fused-ring (bicyclic) bond motifs is 1. The van der Waals surface area contributed by atoms with Gasteiger partial charge in [-0.25, -0.2) is 9.97 Å². The molecule has 0 bridgehead atoms. The van der Waals surface area contributed by atoms with Gasteiger partial charge in [0, 0.05) is 24.2 Å². The van der Waals surface area contributed by atoms with Crippen LogP contribution in [0.15, 0.2) is 61.3 Å². The number of amides is 1. The minimum absolute atomic E-state index is 0.189. The normalized spacial score (nSPS) is 15.6. The Bertz CT molecular complexity index is 880. The van der Waals surface area contributed by atoms with E-state index in [1.165, 1.54) is 0 Å². The molecule has 3 heterocycles. The Labute approximate surface area is 144 Å². The van der Waals surface area contributed by atoms with Gasteiger partial charge in [-0.05, 0) is 24.3 Å². The number of aromatic nitrogens is 3. The third-order valence-electron chi connectivity index (χ3n) is 3.83. The highest BCUT2D eigenvalue weighted by atomic mass is 16.6. The molecule has 1 aromatic carbocycles. The molecule has 0 saturated carbocycles. The largest absolute Gasteiger partial charge is 0.486 e. The van der Waals surface area contributed by atoms with Gasteiger partial charge in [0.25, 0.3) is 5.91 Å². The number of nitrogens with zero attached hydrogens (tertiary/aromatic N) is 3. The van der Waals surface area contributed by atoms with Crippen LogP contribution in [0.5, 0.6) is 11.5 Å². The molecule has 4 rings (SSSR count). The van der Waals surface area contributed by atoms with Crippen LogP contribution >= 0.6 is 0 Å². The number of ether oxygens (including phenoxy) is 2. The van der Waals surface area contributed by atoms with Crippen LogP contribution in [0.1, 0.15) is 10.4 Å². The summed E-state index contributed by atoms with van der Waals surface area (Å²) < 4.78 is 13.2. The third kappa shape index (κ3) is 3.30. The van der Waals surface area contributed by atoms with E-state index in [4.69, 9.17) is 9.47 Å². The minimum atomic E-state index is -0.228. The number of carbonyl (C=O) groups excluding carboxylic acids is 1. The lowest BCUT2D eigenvalue weighted by molar-refractivity contribution is 0.0789. The summed E-state index contributed by atoms with van der Waals surface area (Å²) in [5, 5.41) is 2.88. The molecule has 0 saturated heterocycles. The van der Waals surface area contributed by atoms with Crippen molar-refractivity contribution in [2.75, 3.05) is 13.2 Å². The van der Waals surface area contributed by atoms with Crippen LogP contribution in [0, 0.1) is 0 Å². The number of benzene rings is 1. The minimum Gasteiger partial charge on any atom is -0.486 e. The Hall–Kier alpha value is -3.35. The van der Waals surface area contributed by atoms with E-state index < -0.39 is 0 Å². The van der Waals surface area contributed by atoms with Crippen LogP contribution in [-0.2, 0) is 0 Å². The zero-order chi connectivity index (χ0) is 17.1. The summed E-state index contributed by atoms with van der Waals surface area (Å²) in [6, 6.07) is 10.9. The fourth-order valence-electron chi connectivity index (χ4n) is 2.57.